The lowest BCUT2D eigenvalue weighted by Crippen LogP contribution is -2.40. The fourth-order valence-electron chi connectivity index (χ4n) is 2.59. The zero-order chi connectivity index (χ0) is 20.5. The summed E-state index contributed by atoms with van der Waals surface area (Å²) in [4.78, 5) is 0. The quantitative estimate of drug-likeness (QED) is 0.623. The Labute approximate surface area is 169 Å². The Kier molecular flexibility index (Phi) is 5.52. The SMILES string of the molecule is C[n+]1cnn(-c2ccc(C=CC(O)(c3cc(Cl)cc(Cl)c3)C(F)(F)F)cc2)c1. The Morgan fingerprint density at radius 2 is 1.68 bits per heavy atom. The van der Waals surface area contributed by atoms with Crippen molar-refractivity contribution in [3.05, 3.63) is 82.4 Å². The number of aliphatic hydroxyl groups is 1. The van der Waals surface area contributed by atoms with Crippen LogP contribution < -0.4 is 4.57 Å². The average molecular weight is 429 g/mol. The molecule has 146 valence electrons. The van der Waals surface area contributed by atoms with Gasteiger partial charge in [-0.3, -0.25) is 0 Å². The summed E-state index contributed by atoms with van der Waals surface area (Å²) in [6.45, 7) is 0. The molecule has 1 aromatic heterocycles. The molecule has 3 rings (SSSR count). The Hall–Kier alpha value is -2.35. The molecule has 1 N–H and O–H groups in total. The normalized spacial score (nSPS) is 14.4. The highest BCUT2D eigenvalue weighted by molar-refractivity contribution is 6.34. The van der Waals surface area contributed by atoms with E-state index in [4.69, 9.17) is 23.2 Å². The van der Waals surface area contributed by atoms with Crippen LogP contribution in [0.5, 0.6) is 0 Å². The highest BCUT2D eigenvalue weighted by Gasteiger charge is 2.53. The molecule has 1 heterocycles. The molecule has 9 heteroatoms. The van der Waals surface area contributed by atoms with Gasteiger partial charge in [0.15, 0.2) is 0 Å². The summed E-state index contributed by atoms with van der Waals surface area (Å²) >= 11 is 11.6. The van der Waals surface area contributed by atoms with Gasteiger partial charge in [-0.1, -0.05) is 46.1 Å². The van der Waals surface area contributed by atoms with Crippen molar-refractivity contribution >= 4 is 29.3 Å². The summed E-state index contributed by atoms with van der Waals surface area (Å²) in [5.41, 5.74) is -2.49. The lowest BCUT2D eigenvalue weighted by Gasteiger charge is -2.28. The van der Waals surface area contributed by atoms with Gasteiger partial charge >= 0.3 is 6.18 Å². The zero-order valence-electron chi connectivity index (χ0n) is 14.5. The van der Waals surface area contributed by atoms with E-state index < -0.39 is 17.3 Å². The van der Waals surface area contributed by atoms with Gasteiger partial charge in [0.1, 0.15) is 5.69 Å². The van der Waals surface area contributed by atoms with E-state index in [1.54, 1.807) is 46.2 Å². The number of nitrogens with zero attached hydrogens (tertiary/aromatic N) is 3. The number of alkyl halides is 3. The van der Waals surface area contributed by atoms with Crippen molar-refractivity contribution in [3.63, 3.8) is 0 Å². The smallest absolute Gasteiger partial charge is 0.373 e. The molecular weight excluding hydrogens is 414 g/mol. The van der Waals surface area contributed by atoms with E-state index >= 15 is 0 Å². The average Bonchev–Trinajstić information content (AvgIpc) is 3.04. The number of halogens is 5. The largest absolute Gasteiger partial charge is 0.425 e. The van der Waals surface area contributed by atoms with Crippen LogP contribution in [0.1, 0.15) is 11.1 Å². The maximum absolute atomic E-state index is 13.6. The van der Waals surface area contributed by atoms with Crippen molar-refractivity contribution in [2.24, 2.45) is 7.05 Å². The Morgan fingerprint density at radius 1 is 1.07 bits per heavy atom. The van der Waals surface area contributed by atoms with E-state index in [9.17, 15) is 18.3 Å². The van der Waals surface area contributed by atoms with Gasteiger partial charge in [0.25, 0.3) is 6.33 Å². The maximum atomic E-state index is 13.6. The second-order valence-corrected chi connectivity index (χ2v) is 7.08. The molecule has 28 heavy (non-hydrogen) atoms. The summed E-state index contributed by atoms with van der Waals surface area (Å²) in [7, 11) is 1.82. The number of hydrogen-bond donors (Lipinski definition) is 1. The summed E-state index contributed by atoms with van der Waals surface area (Å²) in [6, 6.07) is 10.0. The lowest BCUT2D eigenvalue weighted by atomic mass is 9.92. The number of hydrogen-bond acceptors (Lipinski definition) is 2. The summed E-state index contributed by atoms with van der Waals surface area (Å²) in [6.07, 6.45) is 0.262. The molecule has 0 aliphatic rings. The molecule has 0 saturated heterocycles. The first-order chi connectivity index (χ1) is 13.1. The molecule has 2 aromatic carbocycles. The monoisotopic (exact) mass is 428 g/mol. The number of benzene rings is 2. The first-order valence-electron chi connectivity index (χ1n) is 8.04. The molecule has 0 spiro atoms. The number of rotatable bonds is 4. The van der Waals surface area contributed by atoms with E-state index in [0.29, 0.717) is 11.6 Å². The molecule has 0 bridgehead atoms. The van der Waals surface area contributed by atoms with E-state index in [-0.39, 0.29) is 10.0 Å². The van der Waals surface area contributed by atoms with Crippen LogP contribution >= 0.6 is 23.2 Å². The van der Waals surface area contributed by atoms with Gasteiger partial charge in [0.2, 0.25) is 11.9 Å². The predicted molar refractivity (Wildman–Crippen MR) is 100 cm³/mol. The number of aromatic nitrogens is 3. The lowest BCUT2D eigenvalue weighted by molar-refractivity contribution is -0.672. The first-order valence-corrected chi connectivity index (χ1v) is 8.79. The van der Waals surface area contributed by atoms with Crippen LogP contribution in [0.25, 0.3) is 11.8 Å². The summed E-state index contributed by atoms with van der Waals surface area (Å²) in [5.74, 6) is 0. The van der Waals surface area contributed by atoms with Crippen molar-refractivity contribution < 1.29 is 22.8 Å². The molecule has 0 radical (unpaired) electrons. The Balaban J connectivity index is 1.94. The maximum Gasteiger partial charge on any atom is 0.425 e. The minimum atomic E-state index is -4.97. The van der Waals surface area contributed by atoms with Gasteiger partial charge in [0, 0.05) is 15.1 Å². The van der Waals surface area contributed by atoms with Crippen LogP contribution in [0.4, 0.5) is 13.2 Å². The molecule has 4 nitrogen and oxygen atoms in total. The topological polar surface area (TPSA) is 41.9 Å². The molecule has 1 unspecified atom stereocenters. The zero-order valence-corrected chi connectivity index (χ0v) is 16.0. The Bertz CT molecular complexity index is 996. The molecule has 0 aliphatic carbocycles. The second-order valence-electron chi connectivity index (χ2n) is 6.20. The van der Waals surface area contributed by atoms with Crippen molar-refractivity contribution in [2.45, 2.75) is 11.8 Å². The molecule has 0 amide bonds. The summed E-state index contributed by atoms with van der Waals surface area (Å²) < 4.78 is 44.3. The second kappa shape index (κ2) is 7.58. The highest BCUT2D eigenvalue weighted by atomic mass is 35.5. The van der Waals surface area contributed by atoms with Crippen LogP contribution in [0.15, 0.2) is 61.2 Å². The minimum Gasteiger partial charge on any atom is -0.373 e. The van der Waals surface area contributed by atoms with Crippen molar-refractivity contribution in [2.75, 3.05) is 0 Å². The van der Waals surface area contributed by atoms with Gasteiger partial charge in [-0.25, -0.2) is 4.57 Å². The molecule has 0 saturated carbocycles. The van der Waals surface area contributed by atoms with Crippen LogP contribution in [0.3, 0.4) is 0 Å². The standard InChI is InChI=1S/C19H15Cl2F3N3O/c1-26-11-25-27(12-26)17-4-2-13(3-5-17)6-7-18(28,19(22,23)24)14-8-15(20)10-16(21)9-14/h2-12,28H,1H3/q+1. The van der Waals surface area contributed by atoms with Gasteiger partial charge in [0.05, 0.1) is 7.05 Å². The van der Waals surface area contributed by atoms with E-state index in [1.807, 2.05) is 7.05 Å². The third-order valence-electron chi connectivity index (χ3n) is 4.06. The van der Waals surface area contributed by atoms with Gasteiger partial charge in [-0.2, -0.15) is 13.2 Å². The molecule has 0 fully saturated rings. The van der Waals surface area contributed by atoms with Crippen LogP contribution in [0, 0.1) is 0 Å². The van der Waals surface area contributed by atoms with Crippen LogP contribution in [0.2, 0.25) is 10.0 Å². The molecule has 3 aromatic rings. The molecular formula is C19H15Cl2F3N3O+. The van der Waals surface area contributed by atoms with E-state index in [2.05, 4.69) is 5.10 Å². The van der Waals surface area contributed by atoms with Crippen molar-refractivity contribution in [3.8, 4) is 5.69 Å². The van der Waals surface area contributed by atoms with Gasteiger partial charge in [-0.15, -0.1) is 0 Å². The third-order valence-corrected chi connectivity index (χ3v) is 4.50. The van der Waals surface area contributed by atoms with Gasteiger partial charge < -0.3 is 5.11 Å². The first kappa shape index (κ1) is 20.4. The van der Waals surface area contributed by atoms with Crippen molar-refractivity contribution in [1.29, 1.82) is 0 Å². The predicted octanol–water partition coefficient (Wildman–Crippen LogP) is 4.47. The minimum absolute atomic E-state index is 0.00434. The highest BCUT2D eigenvalue weighted by Crippen LogP contribution is 2.42. The summed E-state index contributed by atoms with van der Waals surface area (Å²) in [5, 5.41) is 14.5. The molecule has 0 aliphatic heterocycles. The fraction of sp³-hybridized carbons (Fsp3) is 0.158. The van der Waals surface area contributed by atoms with Crippen LogP contribution in [-0.2, 0) is 12.6 Å². The van der Waals surface area contributed by atoms with E-state index in [0.717, 1.165) is 17.8 Å². The fourth-order valence-corrected chi connectivity index (χ4v) is 3.11. The third kappa shape index (κ3) is 4.22. The number of aryl methyl sites for hydroxylation is 1. The Morgan fingerprint density at radius 3 is 2.18 bits per heavy atom. The van der Waals surface area contributed by atoms with Gasteiger partial charge in [-0.05, 0) is 47.5 Å². The van der Waals surface area contributed by atoms with Crippen molar-refractivity contribution in [1.82, 2.24) is 9.78 Å². The molecule has 1 atom stereocenters. The van der Waals surface area contributed by atoms with Crippen LogP contribution in [-0.4, -0.2) is 21.1 Å². The van der Waals surface area contributed by atoms with E-state index in [1.165, 1.54) is 12.1 Å².